The van der Waals surface area contributed by atoms with Gasteiger partial charge in [0.25, 0.3) is 0 Å². The summed E-state index contributed by atoms with van der Waals surface area (Å²) >= 11 is 1.36. The molecule has 0 bridgehead atoms. The smallest absolute Gasteiger partial charge is 0.223 e. The minimum Gasteiger partial charge on any atom is -0.375 e. The lowest BCUT2D eigenvalue weighted by molar-refractivity contribution is -0.130. The number of fused-ring (bicyclic) bond motifs is 1. The van der Waals surface area contributed by atoms with E-state index in [1.807, 2.05) is 24.4 Å². The monoisotopic (exact) mass is 358 g/mol. The van der Waals surface area contributed by atoms with Crippen molar-refractivity contribution in [1.82, 2.24) is 14.8 Å². The number of sulfone groups is 1. The van der Waals surface area contributed by atoms with Crippen LogP contribution in [0, 0.1) is 5.92 Å². The average Bonchev–Trinajstić information content (AvgIpc) is 3.13. The van der Waals surface area contributed by atoms with Gasteiger partial charge < -0.3 is 15.5 Å². The van der Waals surface area contributed by atoms with Crippen LogP contribution in [-0.2, 0) is 21.1 Å². The number of thiazole rings is 1. The van der Waals surface area contributed by atoms with Crippen LogP contribution in [0.1, 0.15) is 12.1 Å². The summed E-state index contributed by atoms with van der Waals surface area (Å²) in [5.74, 6) is 0.225. The van der Waals surface area contributed by atoms with Crippen LogP contribution in [0.5, 0.6) is 0 Å². The van der Waals surface area contributed by atoms with E-state index in [1.54, 1.807) is 4.90 Å². The molecule has 1 amide bonds. The number of aromatic nitrogens is 1. The largest absolute Gasteiger partial charge is 0.375 e. The molecular weight excluding hydrogens is 336 g/mol. The number of nitrogens with zero attached hydrogens (tertiary/aromatic N) is 3. The van der Waals surface area contributed by atoms with Crippen molar-refractivity contribution in [3.63, 3.8) is 0 Å². The highest BCUT2D eigenvalue weighted by atomic mass is 32.2. The molecule has 7 nitrogen and oxygen atoms in total. The molecule has 2 N–H and O–H groups in total. The quantitative estimate of drug-likeness (QED) is 0.804. The van der Waals surface area contributed by atoms with Crippen LogP contribution in [-0.4, -0.2) is 73.3 Å². The summed E-state index contributed by atoms with van der Waals surface area (Å²) in [4.78, 5) is 20.2. The number of likely N-dealkylation sites (tertiary alicyclic amines) is 1. The van der Waals surface area contributed by atoms with Crippen LogP contribution < -0.4 is 5.73 Å². The fraction of sp³-hybridized carbons (Fsp3) is 0.714. The molecule has 2 aliphatic rings. The number of nitrogens with two attached hydrogens (primary N) is 1. The number of rotatable bonds is 4. The van der Waals surface area contributed by atoms with Gasteiger partial charge in [0, 0.05) is 36.9 Å². The minimum absolute atomic E-state index is 0.00105. The summed E-state index contributed by atoms with van der Waals surface area (Å²) in [5, 5.41) is 1.95. The highest BCUT2D eigenvalue weighted by molar-refractivity contribution is 7.92. The van der Waals surface area contributed by atoms with E-state index in [1.165, 1.54) is 11.3 Å². The standard InChI is InChI=1S/C14H22N4O3S2/c1-17(2)11-8-23(20,21)12-6-18(5-10(11)12)13(19)4-3-9-7-22-14(15)16-9/h7,10-12H,3-6,8H2,1-2H3,(H2,15,16)/t10-,11+,12-/m0/s1. The third-order valence-electron chi connectivity index (χ3n) is 4.85. The Kier molecular flexibility index (Phi) is 4.37. The Hall–Kier alpha value is -1.19. The van der Waals surface area contributed by atoms with E-state index in [0.717, 1.165) is 5.69 Å². The predicted molar refractivity (Wildman–Crippen MR) is 90.0 cm³/mol. The molecule has 0 spiro atoms. The van der Waals surface area contributed by atoms with E-state index in [4.69, 9.17) is 5.73 Å². The fourth-order valence-corrected chi connectivity index (χ4v) is 6.67. The van der Waals surface area contributed by atoms with E-state index >= 15 is 0 Å². The van der Waals surface area contributed by atoms with Crippen molar-refractivity contribution in [2.45, 2.75) is 24.1 Å². The normalized spacial score (nSPS) is 29.2. The fourth-order valence-electron chi connectivity index (χ4n) is 3.60. The number of carbonyl (C=O) groups is 1. The van der Waals surface area contributed by atoms with Gasteiger partial charge in [0.1, 0.15) is 0 Å². The number of hydrogen-bond acceptors (Lipinski definition) is 7. The van der Waals surface area contributed by atoms with Crippen LogP contribution in [0.15, 0.2) is 5.38 Å². The lowest BCUT2D eigenvalue weighted by Gasteiger charge is -2.25. The van der Waals surface area contributed by atoms with Crippen molar-refractivity contribution in [2.24, 2.45) is 5.92 Å². The molecular formula is C14H22N4O3S2. The molecule has 3 atom stereocenters. The van der Waals surface area contributed by atoms with E-state index in [0.29, 0.717) is 31.1 Å². The highest BCUT2D eigenvalue weighted by Crippen LogP contribution is 2.36. The SMILES string of the molecule is CN(C)[C@@H]1CS(=O)(=O)[C@H]2CN(C(=O)CCc3csc(N)n3)C[C@@H]12. The molecule has 2 fully saturated rings. The zero-order chi connectivity index (χ0) is 16.8. The van der Waals surface area contributed by atoms with Gasteiger partial charge in [0.15, 0.2) is 15.0 Å². The van der Waals surface area contributed by atoms with Crippen molar-refractivity contribution >= 4 is 32.2 Å². The van der Waals surface area contributed by atoms with Gasteiger partial charge in [-0.05, 0) is 20.5 Å². The van der Waals surface area contributed by atoms with Gasteiger partial charge in [-0.25, -0.2) is 13.4 Å². The van der Waals surface area contributed by atoms with Gasteiger partial charge in [0.2, 0.25) is 5.91 Å². The van der Waals surface area contributed by atoms with Gasteiger partial charge in [-0.2, -0.15) is 0 Å². The van der Waals surface area contributed by atoms with Crippen molar-refractivity contribution < 1.29 is 13.2 Å². The summed E-state index contributed by atoms with van der Waals surface area (Å²) in [5.41, 5.74) is 6.40. The van der Waals surface area contributed by atoms with Gasteiger partial charge >= 0.3 is 0 Å². The maximum atomic E-state index is 12.4. The van der Waals surface area contributed by atoms with Gasteiger partial charge in [-0.15, -0.1) is 11.3 Å². The number of aryl methyl sites for hydroxylation is 1. The Morgan fingerprint density at radius 3 is 2.83 bits per heavy atom. The van der Waals surface area contributed by atoms with Crippen molar-refractivity contribution in [1.29, 1.82) is 0 Å². The summed E-state index contributed by atoms with van der Waals surface area (Å²) < 4.78 is 24.6. The molecule has 2 saturated heterocycles. The zero-order valence-electron chi connectivity index (χ0n) is 13.3. The Morgan fingerprint density at radius 1 is 1.48 bits per heavy atom. The molecule has 3 heterocycles. The molecule has 0 aromatic carbocycles. The summed E-state index contributed by atoms with van der Waals surface area (Å²) in [6.45, 7) is 0.861. The molecule has 2 aliphatic heterocycles. The van der Waals surface area contributed by atoms with Crippen molar-refractivity contribution in [2.75, 3.05) is 38.7 Å². The second-order valence-electron chi connectivity index (χ2n) is 6.54. The van der Waals surface area contributed by atoms with Crippen molar-refractivity contribution in [3.05, 3.63) is 11.1 Å². The topological polar surface area (TPSA) is 96.6 Å². The van der Waals surface area contributed by atoms with Crippen LogP contribution in [0.4, 0.5) is 5.13 Å². The molecule has 0 unspecified atom stereocenters. The first-order chi connectivity index (χ1) is 10.8. The second kappa shape index (κ2) is 6.03. The molecule has 9 heteroatoms. The van der Waals surface area contributed by atoms with Crippen LogP contribution in [0.3, 0.4) is 0 Å². The van der Waals surface area contributed by atoms with E-state index in [9.17, 15) is 13.2 Å². The van der Waals surface area contributed by atoms with Gasteiger partial charge in [0.05, 0.1) is 16.7 Å². The summed E-state index contributed by atoms with van der Waals surface area (Å²) in [6, 6.07) is 0.00105. The van der Waals surface area contributed by atoms with Gasteiger partial charge in [-0.1, -0.05) is 0 Å². The van der Waals surface area contributed by atoms with Crippen LogP contribution >= 0.6 is 11.3 Å². The van der Waals surface area contributed by atoms with Crippen LogP contribution in [0.2, 0.25) is 0 Å². The number of nitrogen functional groups attached to an aromatic ring is 1. The third kappa shape index (κ3) is 3.22. The minimum atomic E-state index is -3.11. The first-order valence-corrected chi connectivity index (χ1v) is 10.2. The molecule has 128 valence electrons. The van der Waals surface area contributed by atoms with E-state index in [2.05, 4.69) is 4.98 Å². The van der Waals surface area contributed by atoms with E-state index < -0.39 is 15.1 Å². The molecule has 23 heavy (non-hydrogen) atoms. The summed E-state index contributed by atoms with van der Waals surface area (Å²) in [6.07, 6.45) is 0.886. The maximum Gasteiger partial charge on any atom is 0.223 e. The predicted octanol–water partition coefficient (Wildman–Crippen LogP) is -0.156. The van der Waals surface area contributed by atoms with Gasteiger partial charge in [-0.3, -0.25) is 4.79 Å². The molecule has 1 aromatic heterocycles. The Morgan fingerprint density at radius 2 is 2.22 bits per heavy atom. The lowest BCUT2D eigenvalue weighted by atomic mass is 10.00. The molecule has 0 saturated carbocycles. The van der Waals surface area contributed by atoms with Crippen LogP contribution in [0.25, 0.3) is 0 Å². The zero-order valence-corrected chi connectivity index (χ0v) is 14.9. The molecule has 3 rings (SSSR count). The molecule has 0 radical (unpaired) electrons. The number of hydrogen-bond donors (Lipinski definition) is 1. The first kappa shape index (κ1) is 16.7. The molecule has 1 aromatic rings. The number of anilines is 1. The Bertz CT molecular complexity index is 701. The molecule has 0 aliphatic carbocycles. The lowest BCUT2D eigenvalue weighted by Crippen LogP contribution is -2.38. The first-order valence-electron chi connectivity index (χ1n) is 7.63. The highest BCUT2D eigenvalue weighted by Gasteiger charge is 2.53. The number of amides is 1. The van der Waals surface area contributed by atoms with E-state index in [-0.39, 0.29) is 23.6 Å². The third-order valence-corrected chi connectivity index (χ3v) is 7.80. The van der Waals surface area contributed by atoms with Crippen molar-refractivity contribution in [3.8, 4) is 0 Å². The summed E-state index contributed by atoms with van der Waals surface area (Å²) in [7, 11) is 0.694. The second-order valence-corrected chi connectivity index (χ2v) is 9.69. The Labute approximate surface area is 140 Å². The number of carbonyl (C=O) groups excluding carboxylic acids is 1. The Balaban J connectivity index is 1.63. The average molecular weight is 358 g/mol. The maximum absolute atomic E-state index is 12.4.